The highest BCUT2D eigenvalue weighted by atomic mass is 79.9. The standard InChI is InChI=1S/C15H15BrClNO.C2H2O4/c16-13-6-7-15(14(17)10-13)19-9-8-18-11-12-4-2-1-3-5-12;3-1(4)2(5)6/h1-7,10,18H,8-9,11H2;(H,3,4)(H,5,6). The van der Waals surface area contributed by atoms with Crippen LogP contribution in [0.25, 0.3) is 0 Å². The van der Waals surface area contributed by atoms with E-state index in [0.717, 1.165) is 17.6 Å². The Bertz CT molecular complexity index is 685. The van der Waals surface area contributed by atoms with Gasteiger partial charge in [-0.05, 0) is 23.8 Å². The lowest BCUT2D eigenvalue weighted by Crippen LogP contribution is -2.20. The number of aliphatic carboxylic acids is 2. The van der Waals surface area contributed by atoms with E-state index in [1.807, 2.05) is 36.4 Å². The number of carboxylic acid groups (broad SMARTS) is 2. The van der Waals surface area contributed by atoms with Gasteiger partial charge in [-0.15, -0.1) is 0 Å². The molecule has 2 rings (SSSR count). The van der Waals surface area contributed by atoms with Crippen LogP contribution < -0.4 is 10.1 Å². The Morgan fingerprint density at radius 3 is 2.28 bits per heavy atom. The number of halogens is 2. The van der Waals surface area contributed by atoms with Crippen LogP contribution >= 0.6 is 27.5 Å². The Hall–Kier alpha value is -2.09. The minimum atomic E-state index is -1.82. The minimum absolute atomic E-state index is 0.591. The van der Waals surface area contributed by atoms with E-state index in [9.17, 15) is 0 Å². The van der Waals surface area contributed by atoms with Crippen LogP contribution in [-0.2, 0) is 16.1 Å². The van der Waals surface area contributed by atoms with Crippen LogP contribution in [0.5, 0.6) is 5.75 Å². The van der Waals surface area contributed by atoms with E-state index in [-0.39, 0.29) is 0 Å². The first kappa shape index (κ1) is 21.0. The molecule has 0 heterocycles. The van der Waals surface area contributed by atoms with Gasteiger partial charge in [0.05, 0.1) is 5.02 Å². The van der Waals surface area contributed by atoms with Gasteiger partial charge in [-0.25, -0.2) is 9.59 Å². The molecule has 0 bridgehead atoms. The average molecular weight is 431 g/mol. The van der Waals surface area contributed by atoms with Crippen molar-refractivity contribution < 1.29 is 24.5 Å². The highest BCUT2D eigenvalue weighted by Crippen LogP contribution is 2.27. The van der Waals surface area contributed by atoms with E-state index < -0.39 is 11.9 Å². The molecule has 2 aromatic carbocycles. The zero-order valence-electron chi connectivity index (χ0n) is 13.1. The summed E-state index contributed by atoms with van der Waals surface area (Å²) in [7, 11) is 0. The third kappa shape index (κ3) is 9.09. The van der Waals surface area contributed by atoms with E-state index in [0.29, 0.717) is 17.4 Å². The fourth-order valence-corrected chi connectivity index (χ4v) is 2.38. The summed E-state index contributed by atoms with van der Waals surface area (Å²) < 4.78 is 6.57. The number of nitrogens with one attached hydrogen (secondary N) is 1. The molecule has 0 aliphatic carbocycles. The summed E-state index contributed by atoms with van der Waals surface area (Å²) in [5, 5.41) is 18.7. The Balaban J connectivity index is 0.000000450. The van der Waals surface area contributed by atoms with Gasteiger partial charge in [0, 0.05) is 17.6 Å². The fraction of sp³-hybridized carbons (Fsp3) is 0.176. The highest BCUT2D eigenvalue weighted by Gasteiger charge is 2.04. The summed E-state index contributed by atoms with van der Waals surface area (Å²) in [5.41, 5.74) is 1.27. The van der Waals surface area contributed by atoms with Crippen molar-refractivity contribution in [3.8, 4) is 5.75 Å². The number of benzene rings is 2. The summed E-state index contributed by atoms with van der Waals surface area (Å²) in [6, 6.07) is 15.9. The molecule has 25 heavy (non-hydrogen) atoms. The summed E-state index contributed by atoms with van der Waals surface area (Å²) >= 11 is 9.43. The molecule has 0 radical (unpaired) electrons. The molecular weight excluding hydrogens is 414 g/mol. The lowest BCUT2D eigenvalue weighted by Gasteiger charge is -2.09. The van der Waals surface area contributed by atoms with Crippen molar-refractivity contribution in [2.75, 3.05) is 13.2 Å². The highest BCUT2D eigenvalue weighted by molar-refractivity contribution is 9.10. The number of hydrogen-bond acceptors (Lipinski definition) is 4. The third-order valence-electron chi connectivity index (χ3n) is 2.79. The van der Waals surface area contributed by atoms with Crippen LogP contribution in [-0.4, -0.2) is 35.3 Å². The van der Waals surface area contributed by atoms with E-state index in [1.165, 1.54) is 5.56 Å². The molecule has 8 heteroatoms. The minimum Gasteiger partial charge on any atom is -0.491 e. The van der Waals surface area contributed by atoms with Gasteiger partial charge in [-0.3, -0.25) is 0 Å². The van der Waals surface area contributed by atoms with E-state index >= 15 is 0 Å². The monoisotopic (exact) mass is 429 g/mol. The molecule has 134 valence electrons. The first-order valence-corrected chi connectivity index (χ1v) is 8.36. The second-order valence-corrected chi connectivity index (χ2v) is 6.02. The van der Waals surface area contributed by atoms with Gasteiger partial charge in [-0.1, -0.05) is 57.9 Å². The zero-order chi connectivity index (χ0) is 18.7. The topological polar surface area (TPSA) is 95.9 Å². The Labute approximate surface area is 158 Å². The number of carboxylic acids is 2. The number of carbonyl (C=O) groups is 2. The molecule has 0 saturated heterocycles. The zero-order valence-corrected chi connectivity index (χ0v) is 15.5. The molecule has 0 amide bonds. The van der Waals surface area contributed by atoms with Gasteiger partial charge in [0.1, 0.15) is 12.4 Å². The van der Waals surface area contributed by atoms with Crippen LogP contribution in [0.1, 0.15) is 5.56 Å². The van der Waals surface area contributed by atoms with Crippen molar-refractivity contribution in [1.82, 2.24) is 5.32 Å². The van der Waals surface area contributed by atoms with Crippen molar-refractivity contribution in [1.29, 1.82) is 0 Å². The van der Waals surface area contributed by atoms with Crippen molar-refractivity contribution in [2.45, 2.75) is 6.54 Å². The molecule has 0 fully saturated rings. The first-order valence-electron chi connectivity index (χ1n) is 7.19. The van der Waals surface area contributed by atoms with E-state index in [1.54, 1.807) is 0 Å². The van der Waals surface area contributed by atoms with Crippen LogP contribution in [0.2, 0.25) is 5.02 Å². The Kier molecular flexibility index (Phi) is 9.61. The SMILES string of the molecule is Clc1cc(Br)ccc1OCCNCc1ccccc1.O=C(O)C(=O)O. The normalized spacial score (nSPS) is 9.68. The molecule has 0 atom stereocenters. The number of hydrogen-bond donors (Lipinski definition) is 3. The van der Waals surface area contributed by atoms with Gasteiger partial charge in [0.2, 0.25) is 0 Å². The van der Waals surface area contributed by atoms with Gasteiger partial charge in [0.25, 0.3) is 0 Å². The maximum absolute atomic E-state index is 9.10. The molecule has 0 aromatic heterocycles. The maximum Gasteiger partial charge on any atom is 0.414 e. The molecule has 6 nitrogen and oxygen atoms in total. The second kappa shape index (κ2) is 11.5. The lowest BCUT2D eigenvalue weighted by molar-refractivity contribution is -0.159. The second-order valence-electron chi connectivity index (χ2n) is 4.70. The molecule has 0 aliphatic rings. The van der Waals surface area contributed by atoms with Gasteiger partial charge < -0.3 is 20.3 Å². The third-order valence-corrected chi connectivity index (χ3v) is 3.57. The van der Waals surface area contributed by atoms with Gasteiger partial charge in [-0.2, -0.15) is 0 Å². The molecule has 2 aromatic rings. The predicted molar refractivity (Wildman–Crippen MR) is 98.1 cm³/mol. The molecule has 0 aliphatic heterocycles. The molecule has 3 N–H and O–H groups in total. The predicted octanol–water partition coefficient (Wildman–Crippen LogP) is 3.43. The molecular formula is C17H17BrClNO5. The van der Waals surface area contributed by atoms with Crippen LogP contribution in [0.4, 0.5) is 0 Å². The van der Waals surface area contributed by atoms with E-state index in [4.69, 9.17) is 36.1 Å². The van der Waals surface area contributed by atoms with Crippen LogP contribution in [0.3, 0.4) is 0 Å². The quantitative estimate of drug-likeness (QED) is 0.480. The average Bonchev–Trinajstić information content (AvgIpc) is 2.58. The Morgan fingerprint density at radius 2 is 1.72 bits per heavy atom. The van der Waals surface area contributed by atoms with Gasteiger partial charge in [0.15, 0.2) is 0 Å². The van der Waals surface area contributed by atoms with Crippen molar-refractivity contribution in [2.24, 2.45) is 0 Å². The van der Waals surface area contributed by atoms with Crippen molar-refractivity contribution in [3.05, 3.63) is 63.6 Å². The van der Waals surface area contributed by atoms with Crippen LogP contribution in [0.15, 0.2) is 53.0 Å². The maximum atomic E-state index is 9.10. The first-order chi connectivity index (χ1) is 11.9. The summed E-state index contributed by atoms with van der Waals surface area (Å²) in [6.45, 7) is 2.22. The van der Waals surface area contributed by atoms with E-state index in [2.05, 4.69) is 33.4 Å². The smallest absolute Gasteiger partial charge is 0.414 e. The Morgan fingerprint density at radius 1 is 1.08 bits per heavy atom. The largest absolute Gasteiger partial charge is 0.491 e. The molecule has 0 spiro atoms. The van der Waals surface area contributed by atoms with Crippen LogP contribution in [0, 0.1) is 0 Å². The van der Waals surface area contributed by atoms with Crippen molar-refractivity contribution >= 4 is 39.5 Å². The summed E-state index contributed by atoms with van der Waals surface area (Å²) in [5.74, 6) is -2.93. The molecule has 0 saturated carbocycles. The number of rotatable bonds is 6. The lowest BCUT2D eigenvalue weighted by atomic mass is 10.2. The van der Waals surface area contributed by atoms with Crippen molar-refractivity contribution in [3.63, 3.8) is 0 Å². The fourth-order valence-electron chi connectivity index (χ4n) is 1.65. The summed E-state index contributed by atoms with van der Waals surface area (Å²) in [6.07, 6.45) is 0. The number of ether oxygens (including phenoxy) is 1. The molecule has 0 unspecified atom stereocenters. The summed E-state index contributed by atoms with van der Waals surface area (Å²) in [4.78, 5) is 18.2. The van der Waals surface area contributed by atoms with Gasteiger partial charge >= 0.3 is 11.9 Å².